The maximum Gasteiger partial charge on any atom is 0.255 e. The third-order valence-corrected chi connectivity index (χ3v) is 6.36. The van der Waals surface area contributed by atoms with Gasteiger partial charge in [0.15, 0.2) is 5.82 Å². The number of hydrogen-bond donors (Lipinski definition) is 2. The molecule has 154 valence electrons. The molecule has 1 saturated heterocycles. The molecule has 10 nitrogen and oxygen atoms in total. The summed E-state index contributed by atoms with van der Waals surface area (Å²) in [7, 11) is -3.80. The smallest absolute Gasteiger partial charge is 0.255 e. The normalized spacial score (nSPS) is 14.9. The Hall–Kier alpha value is -3.57. The van der Waals surface area contributed by atoms with Crippen molar-refractivity contribution in [2.45, 2.75) is 4.90 Å². The lowest BCUT2D eigenvalue weighted by Gasteiger charge is -2.25. The summed E-state index contributed by atoms with van der Waals surface area (Å²) in [6.45, 7) is 0.260. The Morgan fingerprint density at radius 1 is 1.13 bits per heavy atom. The zero-order valence-electron chi connectivity index (χ0n) is 15.7. The predicted molar refractivity (Wildman–Crippen MR) is 108 cm³/mol. The summed E-state index contributed by atoms with van der Waals surface area (Å²) < 4.78 is 28.0. The molecule has 0 radical (unpaired) electrons. The largest absolute Gasteiger partial charge is 0.354 e. The van der Waals surface area contributed by atoms with Crippen molar-refractivity contribution >= 4 is 27.5 Å². The lowest BCUT2D eigenvalue weighted by Crippen LogP contribution is -2.49. The fraction of sp³-hybridized carbons (Fsp3) is 0.158. The lowest BCUT2D eigenvalue weighted by atomic mass is 10.2. The Bertz CT molecular complexity index is 1160. The molecule has 30 heavy (non-hydrogen) atoms. The van der Waals surface area contributed by atoms with Crippen molar-refractivity contribution in [2.75, 3.05) is 25.0 Å². The second-order valence-corrected chi connectivity index (χ2v) is 8.46. The van der Waals surface area contributed by atoms with Gasteiger partial charge in [0.05, 0.1) is 23.3 Å². The van der Waals surface area contributed by atoms with Crippen LogP contribution in [0.2, 0.25) is 0 Å². The van der Waals surface area contributed by atoms with E-state index in [9.17, 15) is 18.0 Å². The van der Waals surface area contributed by atoms with Crippen molar-refractivity contribution in [1.82, 2.24) is 24.4 Å². The van der Waals surface area contributed by atoms with Crippen LogP contribution in [0.25, 0.3) is 5.82 Å². The average Bonchev–Trinajstić information content (AvgIpc) is 3.29. The molecule has 1 fully saturated rings. The van der Waals surface area contributed by atoms with E-state index in [4.69, 9.17) is 0 Å². The number of aromatic nitrogens is 3. The van der Waals surface area contributed by atoms with Crippen LogP contribution >= 0.6 is 0 Å². The monoisotopic (exact) mass is 426 g/mol. The van der Waals surface area contributed by atoms with Gasteiger partial charge in [-0.3, -0.25) is 9.59 Å². The molecule has 2 N–H and O–H groups in total. The van der Waals surface area contributed by atoms with Gasteiger partial charge in [-0.25, -0.2) is 18.1 Å². The van der Waals surface area contributed by atoms with Crippen LogP contribution in [-0.4, -0.2) is 58.9 Å². The van der Waals surface area contributed by atoms with Crippen molar-refractivity contribution < 1.29 is 18.0 Å². The predicted octanol–water partition coefficient (Wildman–Crippen LogP) is 0.640. The molecular weight excluding hydrogens is 408 g/mol. The van der Waals surface area contributed by atoms with E-state index in [-0.39, 0.29) is 30.4 Å². The molecule has 0 aliphatic carbocycles. The Labute approximate surface area is 172 Å². The van der Waals surface area contributed by atoms with Crippen molar-refractivity contribution in [3.05, 3.63) is 66.6 Å². The third kappa shape index (κ3) is 4.07. The molecule has 0 spiro atoms. The quantitative estimate of drug-likeness (QED) is 0.617. The number of hydrogen-bond acceptors (Lipinski definition) is 6. The van der Waals surface area contributed by atoms with Gasteiger partial charge in [0.1, 0.15) is 0 Å². The summed E-state index contributed by atoms with van der Waals surface area (Å²) in [5.41, 5.74) is 0.786. The van der Waals surface area contributed by atoms with Crippen LogP contribution in [0.5, 0.6) is 0 Å². The number of anilines is 1. The van der Waals surface area contributed by atoms with E-state index in [1.807, 2.05) is 0 Å². The maximum absolute atomic E-state index is 12.7. The lowest BCUT2D eigenvalue weighted by molar-refractivity contribution is -0.122. The summed E-state index contributed by atoms with van der Waals surface area (Å²) >= 11 is 0. The van der Waals surface area contributed by atoms with Crippen LogP contribution in [0.1, 0.15) is 10.4 Å². The van der Waals surface area contributed by atoms with Crippen molar-refractivity contribution in [3.8, 4) is 5.82 Å². The van der Waals surface area contributed by atoms with Crippen LogP contribution in [0.15, 0.2) is 66.0 Å². The van der Waals surface area contributed by atoms with Gasteiger partial charge in [0, 0.05) is 31.0 Å². The highest BCUT2D eigenvalue weighted by Gasteiger charge is 2.29. The molecule has 1 aromatic carbocycles. The van der Waals surface area contributed by atoms with Gasteiger partial charge in [0.25, 0.3) is 5.91 Å². The van der Waals surface area contributed by atoms with Gasteiger partial charge in [-0.05, 0) is 42.5 Å². The molecule has 1 aliphatic rings. The maximum atomic E-state index is 12.7. The number of benzene rings is 1. The summed E-state index contributed by atoms with van der Waals surface area (Å²) in [5.74, 6) is -0.128. The van der Waals surface area contributed by atoms with E-state index in [2.05, 4.69) is 20.7 Å². The first-order chi connectivity index (χ1) is 14.4. The summed E-state index contributed by atoms with van der Waals surface area (Å²) in [6.07, 6.45) is 4.91. The van der Waals surface area contributed by atoms with Crippen LogP contribution < -0.4 is 10.6 Å². The highest BCUT2D eigenvalue weighted by molar-refractivity contribution is 7.89. The molecule has 3 aromatic rings. The number of amides is 2. The van der Waals surface area contributed by atoms with E-state index < -0.39 is 15.9 Å². The van der Waals surface area contributed by atoms with Gasteiger partial charge in [-0.1, -0.05) is 0 Å². The number of rotatable bonds is 5. The highest BCUT2D eigenvalue weighted by atomic mass is 32.2. The first-order valence-electron chi connectivity index (χ1n) is 9.08. The zero-order valence-corrected chi connectivity index (χ0v) is 16.5. The Kier molecular flexibility index (Phi) is 5.29. The standard InChI is InChI=1S/C19H18N6O4S/c26-18-13-24(11-9-20-18)30(28,29)16-5-2-14(3-6-16)19(27)23-15-4-7-17(21-12-15)25-10-1-8-22-25/h1-8,10,12H,9,11,13H2,(H,20,26)(H,23,27). The summed E-state index contributed by atoms with van der Waals surface area (Å²) in [4.78, 5) is 28.2. The van der Waals surface area contributed by atoms with Crippen LogP contribution in [-0.2, 0) is 14.8 Å². The van der Waals surface area contributed by atoms with Gasteiger partial charge < -0.3 is 10.6 Å². The van der Waals surface area contributed by atoms with Crippen LogP contribution in [0.3, 0.4) is 0 Å². The molecule has 0 atom stereocenters. The third-order valence-electron chi connectivity index (χ3n) is 4.50. The molecule has 2 aromatic heterocycles. The molecule has 2 amide bonds. The number of carbonyl (C=O) groups is 2. The second kappa shape index (κ2) is 8.05. The fourth-order valence-electron chi connectivity index (χ4n) is 2.95. The zero-order chi connectivity index (χ0) is 21.1. The molecule has 1 aliphatic heterocycles. The minimum Gasteiger partial charge on any atom is -0.354 e. The molecular formula is C19H18N6O4S. The highest BCUT2D eigenvalue weighted by Crippen LogP contribution is 2.18. The van der Waals surface area contributed by atoms with Crippen molar-refractivity contribution in [2.24, 2.45) is 0 Å². The number of sulfonamides is 1. The molecule has 0 saturated carbocycles. The van der Waals surface area contributed by atoms with E-state index >= 15 is 0 Å². The molecule has 4 rings (SSSR count). The first-order valence-corrected chi connectivity index (χ1v) is 10.5. The van der Waals surface area contributed by atoms with E-state index in [1.54, 1.807) is 35.3 Å². The van der Waals surface area contributed by atoms with Gasteiger partial charge in [-0.15, -0.1) is 0 Å². The van der Waals surface area contributed by atoms with Crippen LogP contribution in [0.4, 0.5) is 5.69 Å². The number of carbonyl (C=O) groups excluding carboxylic acids is 2. The topological polar surface area (TPSA) is 126 Å². The summed E-state index contributed by atoms with van der Waals surface area (Å²) in [6, 6.07) is 10.8. The average molecular weight is 426 g/mol. The molecule has 0 unspecified atom stereocenters. The number of nitrogens with one attached hydrogen (secondary N) is 2. The SMILES string of the molecule is O=C1CN(S(=O)(=O)c2ccc(C(=O)Nc3ccc(-n4cccn4)nc3)cc2)CCN1. The van der Waals surface area contributed by atoms with Crippen LogP contribution in [0, 0.1) is 0 Å². The van der Waals surface area contributed by atoms with E-state index in [0.717, 1.165) is 4.31 Å². The Morgan fingerprint density at radius 3 is 2.57 bits per heavy atom. The Balaban J connectivity index is 1.44. The van der Waals surface area contributed by atoms with Gasteiger partial charge in [-0.2, -0.15) is 9.40 Å². The number of piperazine rings is 1. The molecule has 11 heteroatoms. The molecule has 3 heterocycles. The van der Waals surface area contributed by atoms with Crippen molar-refractivity contribution in [3.63, 3.8) is 0 Å². The molecule has 0 bridgehead atoms. The minimum atomic E-state index is -3.80. The number of nitrogens with zero attached hydrogens (tertiary/aromatic N) is 4. The first kappa shape index (κ1) is 19.7. The van der Waals surface area contributed by atoms with Gasteiger partial charge >= 0.3 is 0 Å². The second-order valence-electron chi connectivity index (χ2n) is 6.52. The van der Waals surface area contributed by atoms with E-state index in [1.165, 1.54) is 30.5 Å². The minimum absolute atomic E-state index is 0.0268. The fourth-order valence-corrected chi connectivity index (χ4v) is 4.35. The number of pyridine rings is 1. The van der Waals surface area contributed by atoms with E-state index in [0.29, 0.717) is 17.1 Å². The van der Waals surface area contributed by atoms with Gasteiger partial charge in [0.2, 0.25) is 15.9 Å². The van der Waals surface area contributed by atoms with Crippen molar-refractivity contribution in [1.29, 1.82) is 0 Å². The summed E-state index contributed by atoms with van der Waals surface area (Å²) in [5, 5.41) is 9.38. The Morgan fingerprint density at radius 2 is 1.93 bits per heavy atom.